The summed E-state index contributed by atoms with van der Waals surface area (Å²) < 4.78 is 50.2. The van der Waals surface area contributed by atoms with E-state index in [-0.39, 0.29) is 0 Å². The van der Waals surface area contributed by atoms with Crippen LogP contribution in [-0.4, -0.2) is 19.6 Å². The van der Waals surface area contributed by atoms with Crippen LogP contribution >= 0.6 is 0 Å². The summed E-state index contributed by atoms with van der Waals surface area (Å²) in [5, 5.41) is -0.824. The van der Waals surface area contributed by atoms with Crippen LogP contribution in [-0.2, 0) is 10.0 Å². The average Bonchev–Trinajstić information content (AvgIpc) is 2.15. The van der Waals surface area contributed by atoms with Crippen molar-refractivity contribution in [1.29, 1.82) is 0 Å². The molecule has 0 aliphatic rings. The van der Waals surface area contributed by atoms with Crippen molar-refractivity contribution in [1.82, 2.24) is 4.72 Å². The second-order valence-corrected chi connectivity index (χ2v) is 5.89. The molecule has 0 aliphatic carbocycles. The lowest BCUT2D eigenvalue weighted by molar-refractivity contribution is 0.0977. The van der Waals surface area contributed by atoms with Gasteiger partial charge in [-0.2, -0.15) is 0 Å². The van der Waals surface area contributed by atoms with E-state index in [1.807, 2.05) is 0 Å². The van der Waals surface area contributed by atoms with Crippen molar-refractivity contribution < 1.29 is 22.0 Å². The highest BCUT2D eigenvalue weighted by molar-refractivity contribution is 7.90. The van der Waals surface area contributed by atoms with Crippen LogP contribution in [0.2, 0.25) is 0 Å². The van der Waals surface area contributed by atoms with Crippen LogP contribution in [0.3, 0.4) is 0 Å². The Bertz CT molecular complexity index is 540. The predicted octanol–water partition coefficient (Wildman–Crippen LogP) is 1.43. The summed E-state index contributed by atoms with van der Waals surface area (Å²) in [5.74, 6) is -3.07. The lowest BCUT2D eigenvalue weighted by Gasteiger charge is -2.09. The zero-order valence-corrected chi connectivity index (χ0v) is 10.0. The number of hydrogen-bond donors (Lipinski definition) is 1. The standard InChI is InChI=1S/C10H11F2NO3S/c1-6(2)17(15,16)13-10(14)8-4-3-7(11)5-9(8)12/h3-6H,1-2H3,(H,13,14). The van der Waals surface area contributed by atoms with Crippen LogP contribution < -0.4 is 4.72 Å². The van der Waals surface area contributed by atoms with E-state index in [1.54, 1.807) is 4.72 Å². The molecule has 0 saturated carbocycles. The predicted molar refractivity (Wildman–Crippen MR) is 57.9 cm³/mol. The highest BCUT2D eigenvalue weighted by Gasteiger charge is 2.21. The molecule has 0 unspecified atom stereocenters. The van der Waals surface area contributed by atoms with Crippen LogP contribution in [0, 0.1) is 11.6 Å². The molecule has 0 aromatic heterocycles. The molecule has 94 valence electrons. The molecular weight excluding hydrogens is 252 g/mol. The third kappa shape index (κ3) is 3.23. The van der Waals surface area contributed by atoms with Gasteiger partial charge in [0.1, 0.15) is 11.6 Å². The minimum atomic E-state index is -3.83. The molecule has 0 atom stereocenters. The van der Waals surface area contributed by atoms with Gasteiger partial charge in [-0.1, -0.05) is 0 Å². The van der Waals surface area contributed by atoms with Crippen LogP contribution in [0.5, 0.6) is 0 Å². The molecule has 0 aliphatic heterocycles. The SMILES string of the molecule is CC(C)S(=O)(=O)NC(=O)c1ccc(F)cc1F. The van der Waals surface area contributed by atoms with Crippen LogP contribution in [0.1, 0.15) is 24.2 Å². The number of carbonyl (C=O) groups excluding carboxylic acids is 1. The molecule has 1 aromatic carbocycles. The zero-order valence-electron chi connectivity index (χ0n) is 9.20. The third-order valence-electron chi connectivity index (χ3n) is 2.03. The number of carbonyl (C=O) groups is 1. The highest BCUT2D eigenvalue weighted by atomic mass is 32.2. The second kappa shape index (κ2) is 4.79. The van der Waals surface area contributed by atoms with Crippen molar-refractivity contribution in [2.24, 2.45) is 0 Å². The largest absolute Gasteiger partial charge is 0.268 e. The summed E-state index contributed by atoms with van der Waals surface area (Å²) in [7, 11) is -3.83. The summed E-state index contributed by atoms with van der Waals surface area (Å²) >= 11 is 0. The Kier molecular flexibility index (Phi) is 3.82. The van der Waals surface area contributed by atoms with E-state index in [1.165, 1.54) is 13.8 Å². The van der Waals surface area contributed by atoms with Gasteiger partial charge in [-0.15, -0.1) is 0 Å². The molecule has 1 rings (SSSR count). The monoisotopic (exact) mass is 263 g/mol. The third-order valence-corrected chi connectivity index (χ3v) is 3.74. The average molecular weight is 263 g/mol. The highest BCUT2D eigenvalue weighted by Crippen LogP contribution is 2.10. The normalized spacial score (nSPS) is 11.6. The van der Waals surface area contributed by atoms with Crippen molar-refractivity contribution in [3.05, 3.63) is 35.4 Å². The van der Waals surface area contributed by atoms with E-state index in [2.05, 4.69) is 0 Å². The van der Waals surface area contributed by atoms with Crippen molar-refractivity contribution in [3.8, 4) is 0 Å². The van der Waals surface area contributed by atoms with Gasteiger partial charge in [0.2, 0.25) is 10.0 Å². The smallest absolute Gasteiger partial charge is 0.267 e. The number of hydrogen-bond acceptors (Lipinski definition) is 3. The molecule has 1 amide bonds. The quantitative estimate of drug-likeness (QED) is 0.897. The maximum atomic E-state index is 13.2. The van der Waals surface area contributed by atoms with Crippen molar-refractivity contribution in [2.75, 3.05) is 0 Å². The Hall–Kier alpha value is -1.50. The Labute approximate surface area is 97.7 Å². The molecule has 7 heteroatoms. The summed E-state index contributed by atoms with van der Waals surface area (Å²) in [5.41, 5.74) is -0.518. The van der Waals surface area contributed by atoms with Crippen molar-refractivity contribution >= 4 is 15.9 Å². The fraction of sp³-hybridized carbons (Fsp3) is 0.300. The summed E-state index contributed by atoms with van der Waals surface area (Å²) in [4.78, 5) is 11.4. The second-order valence-electron chi connectivity index (χ2n) is 3.65. The topological polar surface area (TPSA) is 63.2 Å². The molecule has 4 nitrogen and oxygen atoms in total. The van der Waals surface area contributed by atoms with Gasteiger partial charge in [0, 0.05) is 6.07 Å². The maximum absolute atomic E-state index is 13.2. The molecule has 0 fully saturated rings. The molecule has 0 spiro atoms. The van der Waals surface area contributed by atoms with E-state index < -0.39 is 38.4 Å². The fourth-order valence-electron chi connectivity index (χ4n) is 0.976. The number of rotatable bonds is 3. The number of amides is 1. The van der Waals surface area contributed by atoms with Gasteiger partial charge in [-0.05, 0) is 26.0 Å². The summed E-state index contributed by atoms with van der Waals surface area (Å²) in [6.45, 7) is 2.74. The van der Waals surface area contributed by atoms with Gasteiger partial charge in [-0.25, -0.2) is 21.9 Å². The van der Waals surface area contributed by atoms with E-state index in [9.17, 15) is 22.0 Å². The molecule has 1 N–H and O–H groups in total. The van der Waals surface area contributed by atoms with Gasteiger partial charge >= 0.3 is 0 Å². The lowest BCUT2D eigenvalue weighted by Crippen LogP contribution is -2.36. The van der Waals surface area contributed by atoms with Gasteiger partial charge in [0.05, 0.1) is 10.8 Å². The Balaban J connectivity index is 2.99. The van der Waals surface area contributed by atoms with E-state index >= 15 is 0 Å². The maximum Gasteiger partial charge on any atom is 0.267 e. The molecule has 0 saturated heterocycles. The van der Waals surface area contributed by atoms with Crippen molar-refractivity contribution in [2.45, 2.75) is 19.1 Å². The number of nitrogens with one attached hydrogen (secondary N) is 1. The first-order valence-electron chi connectivity index (χ1n) is 4.75. The van der Waals surface area contributed by atoms with Crippen LogP contribution in [0.15, 0.2) is 18.2 Å². The molecule has 0 bridgehead atoms. The minimum Gasteiger partial charge on any atom is -0.268 e. The number of sulfonamides is 1. The Morgan fingerprint density at radius 3 is 2.35 bits per heavy atom. The number of benzene rings is 1. The van der Waals surface area contributed by atoms with E-state index in [0.717, 1.165) is 12.1 Å². The lowest BCUT2D eigenvalue weighted by atomic mass is 10.2. The van der Waals surface area contributed by atoms with Gasteiger partial charge in [-0.3, -0.25) is 4.79 Å². The van der Waals surface area contributed by atoms with Crippen molar-refractivity contribution in [3.63, 3.8) is 0 Å². The molecule has 0 heterocycles. The van der Waals surface area contributed by atoms with Crippen LogP contribution in [0.25, 0.3) is 0 Å². The van der Waals surface area contributed by atoms with E-state index in [4.69, 9.17) is 0 Å². The minimum absolute atomic E-state index is 0.511. The Morgan fingerprint density at radius 2 is 1.88 bits per heavy atom. The van der Waals surface area contributed by atoms with Gasteiger partial charge in [0.15, 0.2) is 0 Å². The van der Waals surface area contributed by atoms with Gasteiger partial charge < -0.3 is 0 Å². The summed E-state index contributed by atoms with van der Waals surface area (Å²) in [6, 6.07) is 2.27. The molecule has 17 heavy (non-hydrogen) atoms. The van der Waals surface area contributed by atoms with Crippen LogP contribution in [0.4, 0.5) is 8.78 Å². The first-order valence-corrected chi connectivity index (χ1v) is 6.29. The van der Waals surface area contributed by atoms with E-state index in [0.29, 0.717) is 6.07 Å². The zero-order chi connectivity index (χ0) is 13.2. The fourth-order valence-corrected chi connectivity index (χ4v) is 1.58. The molecule has 0 radical (unpaired) electrons. The Morgan fingerprint density at radius 1 is 1.29 bits per heavy atom. The first-order chi connectivity index (χ1) is 7.74. The summed E-state index contributed by atoms with van der Waals surface area (Å²) in [6.07, 6.45) is 0. The molecule has 1 aromatic rings. The molecular formula is C10H11F2NO3S. The number of halogens is 2. The van der Waals surface area contributed by atoms with Gasteiger partial charge in [0.25, 0.3) is 5.91 Å². The first kappa shape index (κ1) is 13.6.